The molecular weight excluding hydrogens is 254 g/mol. The van der Waals surface area contributed by atoms with Gasteiger partial charge >= 0.3 is 0 Å². The summed E-state index contributed by atoms with van der Waals surface area (Å²) in [5, 5.41) is 19.7. The van der Waals surface area contributed by atoms with Crippen LogP contribution in [0.15, 0.2) is 29.4 Å². The zero-order chi connectivity index (χ0) is 14.4. The molecule has 0 unspecified atom stereocenters. The Morgan fingerprint density at radius 1 is 1.45 bits per heavy atom. The topological polar surface area (TPSA) is 107 Å². The van der Waals surface area contributed by atoms with Crippen LogP contribution in [0.1, 0.15) is 25.7 Å². The summed E-state index contributed by atoms with van der Waals surface area (Å²) in [7, 11) is 0. The summed E-state index contributed by atoms with van der Waals surface area (Å²) in [6.45, 7) is 0. The first-order valence-corrected chi connectivity index (χ1v) is 6.54. The van der Waals surface area contributed by atoms with E-state index in [2.05, 4.69) is 10.5 Å². The lowest BCUT2D eigenvalue weighted by Gasteiger charge is -2.13. The molecule has 1 aromatic rings. The summed E-state index contributed by atoms with van der Waals surface area (Å²) in [4.78, 5) is 0. The Kier molecular flexibility index (Phi) is 4.56. The second-order valence-corrected chi connectivity index (χ2v) is 4.65. The summed E-state index contributed by atoms with van der Waals surface area (Å²) >= 11 is 0. The lowest BCUT2D eigenvalue weighted by molar-refractivity contribution is 0.210. The lowest BCUT2D eigenvalue weighted by atomic mass is 10.3. The maximum atomic E-state index is 8.75. The van der Waals surface area contributed by atoms with Crippen molar-refractivity contribution in [3.63, 3.8) is 0 Å². The van der Waals surface area contributed by atoms with Crippen LogP contribution in [0.25, 0.3) is 0 Å². The van der Waals surface area contributed by atoms with Gasteiger partial charge in [0, 0.05) is 6.07 Å². The Balaban J connectivity index is 2.02. The van der Waals surface area contributed by atoms with Gasteiger partial charge in [0.15, 0.2) is 5.84 Å². The Morgan fingerprint density at radius 3 is 2.85 bits per heavy atom. The Bertz CT molecular complexity index is 555. The number of nitrogens with zero attached hydrogens (tertiary/aromatic N) is 2. The summed E-state index contributed by atoms with van der Waals surface area (Å²) in [6.07, 6.45) is 4.92. The lowest BCUT2D eigenvalue weighted by Crippen LogP contribution is -2.21. The molecule has 0 spiro atoms. The van der Waals surface area contributed by atoms with E-state index in [0.717, 1.165) is 18.6 Å². The van der Waals surface area contributed by atoms with Crippen LogP contribution in [-0.2, 0) is 0 Å². The van der Waals surface area contributed by atoms with Gasteiger partial charge in [0.05, 0.1) is 11.8 Å². The van der Waals surface area contributed by atoms with Gasteiger partial charge in [-0.05, 0) is 37.8 Å². The minimum absolute atomic E-state index is 0.146. The molecule has 0 amide bonds. The van der Waals surface area contributed by atoms with Gasteiger partial charge in [0.1, 0.15) is 11.8 Å². The molecule has 104 valence electrons. The molecule has 0 radical (unpaired) electrons. The highest BCUT2D eigenvalue weighted by Crippen LogP contribution is 2.25. The molecule has 6 heteroatoms. The summed E-state index contributed by atoms with van der Waals surface area (Å²) in [5.74, 6) is 0.414. The Morgan fingerprint density at radius 2 is 2.20 bits per heavy atom. The number of hydrogen-bond donors (Lipinski definition) is 3. The fourth-order valence-corrected chi connectivity index (χ4v) is 2.10. The van der Waals surface area contributed by atoms with E-state index >= 15 is 0 Å². The van der Waals surface area contributed by atoms with E-state index in [1.54, 1.807) is 12.1 Å². The molecular formula is C14H17N5O. The number of amidine groups is 1. The highest BCUT2D eigenvalue weighted by molar-refractivity contribution is 6.45. The molecule has 0 aromatic heterocycles. The predicted octanol–water partition coefficient (Wildman–Crippen LogP) is 2.24. The second kappa shape index (κ2) is 6.57. The van der Waals surface area contributed by atoms with Gasteiger partial charge < -0.3 is 10.5 Å². The second-order valence-electron chi connectivity index (χ2n) is 4.65. The molecule has 1 aromatic carbocycles. The van der Waals surface area contributed by atoms with Gasteiger partial charge in [0.25, 0.3) is 0 Å². The van der Waals surface area contributed by atoms with E-state index in [1.165, 1.54) is 12.8 Å². The maximum absolute atomic E-state index is 8.75. The Labute approximate surface area is 117 Å². The van der Waals surface area contributed by atoms with Crippen LogP contribution in [0.3, 0.4) is 0 Å². The molecule has 1 aliphatic rings. The molecule has 20 heavy (non-hydrogen) atoms. The van der Waals surface area contributed by atoms with E-state index < -0.39 is 0 Å². The van der Waals surface area contributed by atoms with Crippen molar-refractivity contribution in [2.24, 2.45) is 10.8 Å². The minimum Gasteiger partial charge on any atom is -0.490 e. The molecule has 0 atom stereocenters. The highest BCUT2D eigenvalue weighted by atomic mass is 16.5. The first-order valence-electron chi connectivity index (χ1n) is 6.54. The van der Waals surface area contributed by atoms with Crippen LogP contribution in [-0.4, -0.2) is 17.7 Å². The number of benzene rings is 1. The zero-order valence-electron chi connectivity index (χ0n) is 11.1. The zero-order valence-corrected chi connectivity index (χ0v) is 11.1. The quantitative estimate of drug-likeness (QED) is 0.433. The first-order chi connectivity index (χ1) is 9.69. The van der Waals surface area contributed by atoms with Gasteiger partial charge in [-0.25, -0.2) is 0 Å². The number of hydrazone groups is 1. The first kappa shape index (κ1) is 13.9. The molecule has 2 rings (SSSR count). The fraction of sp³-hybridized carbons (Fsp3) is 0.357. The van der Waals surface area contributed by atoms with Gasteiger partial charge in [0.2, 0.25) is 5.71 Å². The largest absolute Gasteiger partial charge is 0.490 e. The number of hydrogen-bond acceptors (Lipinski definition) is 5. The summed E-state index contributed by atoms with van der Waals surface area (Å²) in [6, 6.07) is 9.12. The average molecular weight is 271 g/mol. The molecule has 4 N–H and O–H groups in total. The van der Waals surface area contributed by atoms with Gasteiger partial charge in [-0.2, -0.15) is 10.4 Å². The van der Waals surface area contributed by atoms with Gasteiger partial charge in [-0.3, -0.25) is 10.8 Å². The number of rotatable bonds is 5. The van der Waals surface area contributed by atoms with Crippen LogP contribution >= 0.6 is 0 Å². The third-order valence-electron chi connectivity index (χ3n) is 3.10. The Hall–Kier alpha value is -2.55. The molecule has 0 saturated heterocycles. The standard InChI is InChI=1S/C14H17N5O/c15-9-13(14(16)17)19-18-10-4-3-7-12(8-10)20-11-5-1-2-6-11/h3-4,7-8,11,18H,1-2,5-6H2,(H3,16,17)/b19-13+. The van der Waals surface area contributed by atoms with Crippen LogP contribution in [0.4, 0.5) is 5.69 Å². The minimum atomic E-state index is -0.363. The van der Waals surface area contributed by atoms with E-state index in [-0.39, 0.29) is 11.5 Å². The van der Waals surface area contributed by atoms with Crippen LogP contribution in [0.2, 0.25) is 0 Å². The van der Waals surface area contributed by atoms with Crippen molar-refractivity contribution < 1.29 is 4.74 Å². The maximum Gasteiger partial charge on any atom is 0.201 e. The molecule has 0 bridgehead atoms. The normalized spacial score (nSPS) is 15.7. The van der Waals surface area contributed by atoms with Crippen LogP contribution < -0.4 is 15.9 Å². The van der Waals surface area contributed by atoms with Crippen molar-refractivity contribution in [3.8, 4) is 11.8 Å². The van der Waals surface area contributed by atoms with Crippen molar-refractivity contribution >= 4 is 17.2 Å². The molecule has 1 aliphatic carbocycles. The van der Waals surface area contributed by atoms with Crippen molar-refractivity contribution in [1.82, 2.24) is 0 Å². The van der Waals surface area contributed by atoms with Crippen molar-refractivity contribution in [3.05, 3.63) is 24.3 Å². The van der Waals surface area contributed by atoms with Crippen LogP contribution in [0, 0.1) is 16.7 Å². The summed E-state index contributed by atoms with van der Waals surface area (Å²) < 4.78 is 5.88. The van der Waals surface area contributed by atoms with E-state index in [1.807, 2.05) is 18.2 Å². The molecule has 0 aliphatic heterocycles. The monoisotopic (exact) mass is 271 g/mol. The number of nitrogens with two attached hydrogens (primary N) is 1. The number of nitriles is 1. The van der Waals surface area contributed by atoms with Gasteiger partial charge in [-0.1, -0.05) is 6.07 Å². The van der Waals surface area contributed by atoms with Crippen molar-refractivity contribution in [1.29, 1.82) is 10.7 Å². The number of nitrogens with one attached hydrogen (secondary N) is 2. The third kappa shape index (κ3) is 3.72. The predicted molar refractivity (Wildman–Crippen MR) is 77.9 cm³/mol. The molecule has 1 fully saturated rings. The fourth-order valence-electron chi connectivity index (χ4n) is 2.10. The highest BCUT2D eigenvalue weighted by Gasteiger charge is 2.16. The molecule has 6 nitrogen and oxygen atoms in total. The van der Waals surface area contributed by atoms with E-state index in [0.29, 0.717) is 11.8 Å². The summed E-state index contributed by atoms with van der Waals surface area (Å²) in [5.41, 5.74) is 8.47. The average Bonchev–Trinajstić information content (AvgIpc) is 2.92. The van der Waals surface area contributed by atoms with Crippen molar-refractivity contribution in [2.45, 2.75) is 31.8 Å². The SMILES string of the molecule is N#C/C(=N\Nc1cccc(OC2CCCC2)c1)C(=N)N. The van der Waals surface area contributed by atoms with Crippen LogP contribution in [0.5, 0.6) is 5.75 Å². The number of ether oxygens (including phenoxy) is 1. The smallest absolute Gasteiger partial charge is 0.201 e. The van der Waals surface area contributed by atoms with Gasteiger partial charge in [-0.15, -0.1) is 0 Å². The number of anilines is 1. The molecule has 1 saturated carbocycles. The molecule has 0 heterocycles. The van der Waals surface area contributed by atoms with E-state index in [4.69, 9.17) is 21.1 Å². The third-order valence-corrected chi connectivity index (χ3v) is 3.10. The van der Waals surface area contributed by atoms with E-state index in [9.17, 15) is 0 Å². The van der Waals surface area contributed by atoms with Crippen molar-refractivity contribution in [2.75, 3.05) is 5.43 Å².